The summed E-state index contributed by atoms with van der Waals surface area (Å²) in [5.41, 5.74) is 1.71. The van der Waals surface area contributed by atoms with Crippen molar-refractivity contribution in [3.05, 3.63) is 51.8 Å². The van der Waals surface area contributed by atoms with Gasteiger partial charge in [0.1, 0.15) is 5.82 Å². The lowest BCUT2D eigenvalue weighted by Gasteiger charge is -2.30. The Balaban J connectivity index is 1.45. The summed E-state index contributed by atoms with van der Waals surface area (Å²) in [6.07, 6.45) is 2.52. The number of amides is 1. The number of aryl methyl sites for hydroxylation is 2. The molecule has 3 heterocycles. The van der Waals surface area contributed by atoms with Gasteiger partial charge in [-0.25, -0.2) is 13.4 Å². The molecule has 10 heteroatoms. The molecule has 1 amide bonds. The van der Waals surface area contributed by atoms with Gasteiger partial charge in [-0.1, -0.05) is 11.3 Å². The van der Waals surface area contributed by atoms with Crippen LogP contribution in [0, 0.1) is 12.8 Å². The van der Waals surface area contributed by atoms with Crippen LogP contribution in [-0.2, 0) is 21.9 Å². The molecule has 0 spiro atoms. The maximum atomic E-state index is 13.1. The lowest BCUT2D eigenvalue weighted by Crippen LogP contribution is -2.41. The zero-order valence-corrected chi connectivity index (χ0v) is 18.3. The summed E-state index contributed by atoms with van der Waals surface area (Å²) in [7, 11) is -2.02. The van der Waals surface area contributed by atoms with E-state index < -0.39 is 10.0 Å². The Labute approximate surface area is 178 Å². The number of rotatable bonds is 4. The van der Waals surface area contributed by atoms with Gasteiger partial charge in [-0.3, -0.25) is 9.59 Å². The molecule has 0 radical (unpaired) electrons. The molecule has 1 aliphatic heterocycles. The number of aromatic nitrogens is 2. The van der Waals surface area contributed by atoms with Crippen molar-refractivity contribution < 1.29 is 13.2 Å². The second-order valence-corrected chi connectivity index (χ2v) is 10.4. The molecule has 4 rings (SSSR count). The molecule has 1 N–H and O–H groups in total. The molecule has 0 aliphatic carbocycles. The first-order chi connectivity index (χ1) is 14.3. The molecular formula is C20H22N4O4S2. The normalized spacial score (nSPS) is 16.1. The Morgan fingerprint density at radius 3 is 2.63 bits per heavy atom. The number of hydrogen-bond donors (Lipinski definition) is 1. The van der Waals surface area contributed by atoms with Crippen LogP contribution >= 0.6 is 11.3 Å². The van der Waals surface area contributed by atoms with Crippen molar-refractivity contribution in [3.63, 3.8) is 0 Å². The number of piperidine rings is 1. The highest BCUT2D eigenvalue weighted by Crippen LogP contribution is 2.27. The average molecular weight is 447 g/mol. The van der Waals surface area contributed by atoms with Gasteiger partial charge in [0.15, 0.2) is 0 Å². The number of pyridine rings is 1. The highest BCUT2D eigenvalue weighted by Gasteiger charge is 2.32. The van der Waals surface area contributed by atoms with Gasteiger partial charge < -0.3 is 9.88 Å². The minimum atomic E-state index is -3.69. The maximum absolute atomic E-state index is 13.1. The first kappa shape index (κ1) is 20.7. The number of nitrogens with zero attached hydrogens (tertiary/aromatic N) is 3. The van der Waals surface area contributed by atoms with Gasteiger partial charge >= 0.3 is 4.87 Å². The number of anilines is 1. The number of thiazole rings is 1. The summed E-state index contributed by atoms with van der Waals surface area (Å²) in [5, 5.41) is 2.82. The Bertz CT molecular complexity index is 1270. The molecule has 30 heavy (non-hydrogen) atoms. The van der Waals surface area contributed by atoms with Gasteiger partial charge in [-0.15, -0.1) is 0 Å². The molecule has 158 valence electrons. The smallest absolute Gasteiger partial charge is 0.307 e. The average Bonchev–Trinajstić information content (AvgIpc) is 3.01. The largest absolute Gasteiger partial charge is 0.310 e. The van der Waals surface area contributed by atoms with E-state index in [1.807, 2.05) is 13.0 Å². The lowest BCUT2D eigenvalue weighted by atomic mass is 9.97. The van der Waals surface area contributed by atoms with Gasteiger partial charge in [0.05, 0.1) is 15.1 Å². The third-order valence-electron chi connectivity index (χ3n) is 5.39. The number of carbonyl (C=O) groups excluding carboxylic acids is 1. The van der Waals surface area contributed by atoms with E-state index in [-0.39, 0.29) is 34.7 Å². The van der Waals surface area contributed by atoms with Gasteiger partial charge in [0.2, 0.25) is 15.9 Å². The molecule has 8 nitrogen and oxygen atoms in total. The standard InChI is InChI=1S/C20H22N4O4S2/c1-13-5-8-21-18(11-13)22-19(25)14-6-9-24(10-7-14)30(27,28)15-3-4-16-17(12-15)29-20(26)23(16)2/h3-5,8,11-12,14H,6-7,9-10H2,1-2H3,(H,21,22,25). The fourth-order valence-corrected chi connectivity index (χ4v) is 6.10. The summed E-state index contributed by atoms with van der Waals surface area (Å²) in [5.74, 6) is 0.103. The SMILES string of the molecule is Cc1ccnc(NC(=O)C2CCN(S(=O)(=O)c3ccc4c(c3)sc(=O)n4C)CC2)c1. The van der Waals surface area contributed by atoms with Crippen molar-refractivity contribution in [2.75, 3.05) is 18.4 Å². The van der Waals surface area contributed by atoms with Crippen LogP contribution in [0.25, 0.3) is 10.2 Å². The number of benzene rings is 1. The van der Waals surface area contributed by atoms with E-state index in [0.29, 0.717) is 28.9 Å². The molecule has 1 aromatic carbocycles. The number of hydrogen-bond acceptors (Lipinski definition) is 6. The van der Waals surface area contributed by atoms with E-state index in [0.717, 1.165) is 16.9 Å². The molecule has 0 atom stereocenters. The third-order valence-corrected chi connectivity index (χ3v) is 8.28. The van der Waals surface area contributed by atoms with E-state index in [1.54, 1.807) is 31.4 Å². The molecule has 1 saturated heterocycles. The van der Waals surface area contributed by atoms with Crippen LogP contribution in [0.15, 0.2) is 46.2 Å². The second kappa shape index (κ2) is 7.93. The van der Waals surface area contributed by atoms with Crippen molar-refractivity contribution in [2.45, 2.75) is 24.7 Å². The Morgan fingerprint density at radius 2 is 1.93 bits per heavy atom. The van der Waals surface area contributed by atoms with E-state index in [2.05, 4.69) is 10.3 Å². The van der Waals surface area contributed by atoms with Crippen LogP contribution in [0.5, 0.6) is 0 Å². The number of nitrogens with one attached hydrogen (secondary N) is 1. The predicted molar refractivity (Wildman–Crippen MR) is 116 cm³/mol. The summed E-state index contributed by atoms with van der Waals surface area (Å²) in [6.45, 7) is 2.46. The molecule has 0 bridgehead atoms. The predicted octanol–water partition coefficient (Wildman–Crippen LogP) is 2.34. The highest BCUT2D eigenvalue weighted by molar-refractivity contribution is 7.89. The Kier molecular flexibility index (Phi) is 5.48. The van der Waals surface area contributed by atoms with Crippen LogP contribution < -0.4 is 10.2 Å². The van der Waals surface area contributed by atoms with Crippen LogP contribution in [0.3, 0.4) is 0 Å². The number of fused-ring (bicyclic) bond motifs is 1. The summed E-state index contributed by atoms with van der Waals surface area (Å²) in [4.78, 5) is 28.5. The maximum Gasteiger partial charge on any atom is 0.307 e. The van der Waals surface area contributed by atoms with E-state index >= 15 is 0 Å². The molecular weight excluding hydrogens is 424 g/mol. The Morgan fingerprint density at radius 1 is 1.20 bits per heavy atom. The van der Waals surface area contributed by atoms with E-state index in [1.165, 1.54) is 14.9 Å². The summed E-state index contributed by atoms with van der Waals surface area (Å²) >= 11 is 1.03. The zero-order valence-electron chi connectivity index (χ0n) is 16.7. The fraction of sp³-hybridized carbons (Fsp3) is 0.350. The molecule has 0 saturated carbocycles. The van der Waals surface area contributed by atoms with Crippen molar-refractivity contribution in [1.29, 1.82) is 0 Å². The van der Waals surface area contributed by atoms with Gasteiger partial charge in [-0.2, -0.15) is 4.31 Å². The van der Waals surface area contributed by atoms with Crippen molar-refractivity contribution in [2.24, 2.45) is 13.0 Å². The monoisotopic (exact) mass is 446 g/mol. The topological polar surface area (TPSA) is 101 Å². The van der Waals surface area contributed by atoms with Gasteiger partial charge in [0.25, 0.3) is 0 Å². The fourth-order valence-electron chi connectivity index (χ4n) is 3.61. The van der Waals surface area contributed by atoms with Gasteiger partial charge in [-0.05, 0) is 55.7 Å². The summed E-state index contributed by atoms with van der Waals surface area (Å²) < 4.78 is 29.7. The molecule has 3 aromatic rings. The lowest BCUT2D eigenvalue weighted by molar-refractivity contribution is -0.120. The van der Waals surface area contributed by atoms with Crippen LogP contribution in [0.4, 0.5) is 5.82 Å². The molecule has 1 aliphatic rings. The van der Waals surface area contributed by atoms with Gasteiger partial charge in [0, 0.05) is 32.3 Å². The summed E-state index contributed by atoms with van der Waals surface area (Å²) in [6, 6.07) is 8.40. The molecule has 0 unspecified atom stereocenters. The first-order valence-corrected chi connectivity index (χ1v) is 11.8. The molecule has 1 fully saturated rings. The van der Waals surface area contributed by atoms with Crippen molar-refractivity contribution in [1.82, 2.24) is 13.9 Å². The third kappa shape index (κ3) is 3.90. The minimum absolute atomic E-state index is 0.130. The van der Waals surface area contributed by atoms with Crippen molar-refractivity contribution >= 4 is 43.3 Å². The van der Waals surface area contributed by atoms with Crippen LogP contribution in [0.2, 0.25) is 0 Å². The highest BCUT2D eigenvalue weighted by atomic mass is 32.2. The Hall–Kier alpha value is -2.56. The van der Waals surface area contributed by atoms with Crippen LogP contribution in [0.1, 0.15) is 18.4 Å². The molecule has 2 aromatic heterocycles. The zero-order chi connectivity index (χ0) is 21.5. The number of sulfonamides is 1. The number of carbonyl (C=O) groups is 1. The van der Waals surface area contributed by atoms with Crippen molar-refractivity contribution in [3.8, 4) is 0 Å². The van der Waals surface area contributed by atoms with E-state index in [4.69, 9.17) is 0 Å². The van der Waals surface area contributed by atoms with E-state index in [9.17, 15) is 18.0 Å². The quantitative estimate of drug-likeness (QED) is 0.663. The van der Waals surface area contributed by atoms with Crippen LogP contribution in [-0.4, -0.2) is 41.3 Å². The second-order valence-electron chi connectivity index (χ2n) is 7.44. The minimum Gasteiger partial charge on any atom is -0.310 e. The first-order valence-electron chi connectivity index (χ1n) is 9.59.